The molecule has 1 N–H and O–H groups in total. The molecule has 0 aliphatic carbocycles. The topological polar surface area (TPSA) is 47.3 Å². The van der Waals surface area contributed by atoms with Crippen LogP contribution >= 0.6 is 15.9 Å². The molecule has 4 nitrogen and oxygen atoms in total. The van der Waals surface area contributed by atoms with Crippen molar-refractivity contribution >= 4 is 15.9 Å². The van der Waals surface area contributed by atoms with E-state index in [2.05, 4.69) is 21.0 Å². The van der Waals surface area contributed by atoms with Crippen LogP contribution in [0, 0.1) is 5.82 Å². The van der Waals surface area contributed by atoms with Gasteiger partial charge in [-0.15, -0.1) is 0 Å². The van der Waals surface area contributed by atoms with Gasteiger partial charge in [0.1, 0.15) is 18.2 Å². The van der Waals surface area contributed by atoms with Gasteiger partial charge in [-0.1, -0.05) is 6.92 Å². The Balaban J connectivity index is 2.13. The summed E-state index contributed by atoms with van der Waals surface area (Å²) in [5, 5.41) is 13.8. The molecule has 2 aromatic rings. The van der Waals surface area contributed by atoms with Gasteiger partial charge in [0, 0.05) is 18.7 Å². The third-order valence-corrected chi connectivity index (χ3v) is 4.22. The fourth-order valence-corrected chi connectivity index (χ4v) is 2.80. The molecular weight excluding hydrogens is 339 g/mol. The maximum Gasteiger partial charge on any atom is 0.132 e. The van der Waals surface area contributed by atoms with Crippen LogP contribution in [0.15, 0.2) is 22.7 Å². The summed E-state index contributed by atoms with van der Waals surface area (Å²) in [6.45, 7) is 3.84. The molecule has 0 bridgehead atoms. The van der Waals surface area contributed by atoms with E-state index in [9.17, 15) is 9.50 Å². The lowest BCUT2D eigenvalue weighted by atomic mass is 10.1. The Morgan fingerprint density at radius 3 is 2.71 bits per heavy atom. The fraction of sp³-hybridized carbons (Fsp3) is 0.400. The van der Waals surface area contributed by atoms with E-state index in [1.807, 2.05) is 14.0 Å². The van der Waals surface area contributed by atoms with Crippen LogP contribution in [0.1, 0.15) is 36.9 Å². The van der Waals surface area contributed by atoms with Crippen molar-refractivity contribution in [2.75, 3.05) is 0 Å². The fourth-order valence-electron chi connectivity index (χ4n) is 2.06. The Labute approximate surface area is 131 Å². The summed E-state index contributed by atoms with van der Waals surface area (Å²) in [6.07, 6.45) is -0.0102. The molecule has 0 saturated heterocycles. The quantitative estimate of drug-likeness (QED) is 0.891. The van der Waals surface area contributed by atoms with Gasteiger partial charge < -0.3 is 9.84 Å². The van der Waals surface area contributed by atoms with Crippen LogP contribution in [0.25, 0.3) is 0 Å². The second-order valence-corrected chi connectivity index (χ2v) is 5.63. The van der Waals surface area contributed by atoms with E-state index >= 15 is 0 Å². The average Bonchev–Trinajstić information content (AvgIpc) is 2.71. The number of halogens is 2. The second kappa shape index (κ2) is 6.58. The van der Waals surface area contributed by atoms with Crippen LogP contribution in [0.2, 0.25) is 0 Å². The predicted molar refractivity (Wildman–Crippen MR) is 81.7 cm³/mol. The van der Waals surface area contributed by atoms with Gasteiger partial charge in [0.2, 0.25) is 0 Å². The number of hydrogen-bond acceptors (Lipinski definition) is 3. The first-order chi connectivity index (χ1) is 9.93. The molecule has 0 amide bonds. The Bertz CT molecular complexity index is 641. The molecule has 0 aliphatic heterocycles. The van der Waals surface area contributed by atoms with E-state index < -0.39 is 11.9 Å². The summed E-state index contributed by atoms with van der Waals surface area (Å²) in [5.41, 5.74) is 2.12. The van der Waals surface area contributed by atoms with Crippen molar-refractivity contribution in [2.45, 2.75) is 33.0 Å². The zero-order valence-electron chi connectivity index (χ0n) is 12.2. The molecule has 0 saturated carbocycles. The molecule has 6 heteroatoms. The Kier molecular flexibility index (Phi) is 5.00. The molecule has 0 aliphatic rings. The minimum atomic E-state index is -0.836. The smallest absolute Gasteiger partial charge is 0.132 e. The minimum Gasteiger partial charge on any atom is -0.487 e. The van der Waals surface area contributed by atoms with E-state index in [1.165, 1.54) is 19.1 Å². The van der Waals surface area contributed by atoms with Gasteiger partial charge in [-0.05, 0) is 41.4 Å². The Morgan fingerprint density at radius 1 is 1.48 bits per heavy atom. The molecule has 21 heavy (non-hydrogen) atoms. The maximum absolute atomic E-state index is 13.8. The van der Waals surface area contributed by atoms with Crippen molar-refractivity contribution in [2.24, 2.45) is 7.05 Å². The number of nitrogens with zero attached hydrogens (tertiary/aromatic N) is 2. The third kappa shape index (κ3) is 3.44. The molecule has 114 valence electrons. The summed E-state index contributed by atoms with van der Waals surface area (Å²) in [6, 6.07) is 4.47. The standard InChI is InChI=1S/C15H18BrFN2O2/c1-4-13-15(16)14(19(3)18-13)8-21-10-5-6-11(9(2)20)12(17)7-10/h5-7,9,20H,4,8H2,1-3H3/t9-/m0/s1. The highest BCUT2D eigenvalue weighted by Crippen LogP contribution is 2.25. The van der Waals surface area contributed by atoms with Gasteiger partial charge in [-0.3, -0.25) is 4.68 Å². The number of aliphatic hydroxyl groups excluding tert-OH is 1. The maximum atomic E-state index is 13.8. The first-order valence-electron chi connectivity index (χ1n) is 6.74. The zero-order chi connectivity index (χ0) is 15.6. The van der Waals surface area contributed by atoms with Gasteiger partial charge in [0.25, 0.3) is 0 Å². The summed E-state index contributed by atoms with van der Waals surface area (Å²) in [4.78, 5) is 0. The molecule has 1 atom stereocenters. The lowest BCUT2D eigenvalue weighted by Gasteiger charge is -2.10. The van der Waals surface area contributed by atoms with E-state index in [1.54, 1.807) is 10.7 Å². The number of aliphatic hydroxyl groups is 1. The molecule has 1 heterocycles. The number of benzene rings is 1. The van der Waals surface area contributed by atoms with Gasteiger partial charge in [-0.25, -0.2) is 4.39 Å². The van der Waals surface area contributed by atoms with E-state index in [0.717, 1.165) is 22.3 Å². The summed E-state index contributed by atoms with van der Waals surface area (Å²) in [5.74, 6) is -0.0520. The van der Waals surface area contributed by atoms with Crippen LogP contribution < -0.4 is 4.74 Å². The van der Waals surface area contributed by atoms with Crippen molar-refractivity contribution in [1.29, 1.82) is 0 Å². The van der Waals surface area contributed by atoms with E-state index in [-0.39, 0.29) is 12.2 Å². The van der Waals surface area contributed by atoms with Gasteiger partial charge in [0.05, 0.1) is 22.0 Å². The molecule has 0 unspecified atom stereocenters. The second-order valence-electron chi connectivity index (χ2n) is 4.83. The highest BCUT2D eigenvalue weighted by Gasteiger charge is 2.14. The Hall–Kier alpha value is -1.40. The number of ether oxygens (including phenoxy) is 1. The minimum absolute atomic E-state index is 0.261. The van der Waals surface area contributed by atoms with Crippen molar-refractivity contribution in [3.63, 3.8) is 0 Å². The van der Waals surface area contributed by atoms with E-state index in [4.69, 9.17) is 4.74 Å². The van der Waals surface area contributed by atoms with Crippen LogP contribution in [0.3, 0.4) is 0 Å². The highest BCUT2D eigenvalue weighted by molar-refractivity contribution is 9.10. The molecule has 1 aromatic carbocycles. The zero-order valence-corrected chi connectivity index (χ0v) is 13.8. The number of aromatic nitrogens is 2. The van der Waals surface area contributed by atoms with E-state index in [0.29, 0.717) is 5.75 Å². The monoisotopic (exact) mass is 356 g/mol. The van der Waals surface area contributed by atoms with Crippen LogP contribution in [0.4, 0.5) is 4.39 Å². The summed E-state index contributed by atoms with van der Waals surface area (Å²) >= 11 is 3.51. The van der Waals surface area contributed by atoms with Crippen molar-refractivity contribution in [3.8, 4) is 5.75 Å². The first-order valence-corrected chi connectivity index (χ1v) is 7.53. The molecule has 2 rings (SSSR count). The normalized spacial score (nSPS) is 12.5. The van der Waals surface area contributed by atoms with Gasteiger partial charge >= 0.3 is 0 Å². The molecule has 1 aromatic heterocycles. The summed E-state index contributed by atoms with van der Waals surface area (Å²) < 4.78 is 22.1. The van der Waals surface area contributed by atoms with Crippen molar-refractivity contribution in [3.05, 3.63) is 45.4 Å². The lowest BCUT2D eigenvalue weighted by molar-refractivity contribution is 0.193. The summed E-state index contributed by atoms with van der Waals surface area (Å²) in [7, 11) is 1.85. The van der Waals surface area contributed by atoms with Crippen molar-refractivity contribution < 1.29 is 14.2 Å². The average molecular weight is 357 g/mol. The van der Waals surface area contributed by atoms with Crippen molar-refractivity contribution in [1.82, 2.24) is 9.78 Å². The largest absolute Gasteiger partial charge is 0.487 e. The lowest BCUT2D eigenvalue weighted by Crippen LogP contribution is -2.04. The van der Waals surface area contributed by atoms with Crippen LogP contribution in [0.5, 0.6) is 5.75 Å². The molecular formula is C15H18BrFN2O2. The molecule has 0 fully saturated rings. The third-order valence-electron chi connectivity index (χ3n) is 3.30. The number of aryl methyl sites for hydroxylation is 2. The number of hydrogen-bond donors (Lipinski definition) is 1. The van der Waals surface area contributed by atoms with Gasteiger partial charge in [0.15, 0.2) is 0 Å². The first kappa shape index (κ1) is 16.0. The van der Waals surface area contributed by atoms with Gasteiger partial charge in [-0.2, -0.15) is 5.10 Å². The predicted octanol–water partition coefficient (Wildman–Crippen LogP) is 3.52. The molecule has 0 spiro atoms. The number of rotatable bonds is 5. The highest BCUT2D eigenvalue weighted by atomic mass is 79.9. The SMILES string of the molecule is CCc1nn(C)c(COc2ccc([C@H](C)O)c(F)c2)c1Br. The van der Waals surface area contributed by atoms with Crippen LogP contribution in [-0.4, -0.2) is 14.9 Å². The molecule has 0 radical (unpaired) electrons. The Morgan fingerprint density at radius 2 is 2.19 bits per heavy atom. The van der Waals surface area contributed by atoms with Crippen LogP contribution in [-0.2, 0) is 20.1 Å².